The van der Waals surface area contributed by atoms with Crippen LogP contribution in [0.25, 0.3) is 0 Å². The van der Waals surface area contributed by atoms with E-state index in [0.29, 0.717) is 6.04 Å². The molecule has 2 fully saturated rings. The van der Waals surface area contributed by atoms with Crippen molar-refractivity contribution in [1.82, 2.24) is 20.0 Å². The Morgan fingerprint density at radius 1 is 1.38 bits per heavy atom. The third-order valence-electron chi connectivity index (χ3n) is 5.10. The topological polar surface area (TPSA) is 33.1 Å². The van der Waals surface area contributed by atoms with Crippen molar-refractivity contribution in [3.05, 3.63) is 16.4 Å². The van der Waals surface area contributed by atoms with Crippen molar-refractivity contribution < 1.29 is 0 Å². The summed E-state index contributed by atoms with van der Waals surface area (Å²) in [6.45, 7) is 9.78. The van der Waals surface area contributed by atoms with Gasteiger partial charge < -0.3 is 5.32 Å². The van der Waals surface area contributed by atoms with Gasteiger partial charge in [0.05, 0.1) is 16.4 Å². The lowest BCUT2D eigenvalue weighted by Crippen LogP contribution is -2.62. The van der Waals surface area contributed by atoms with Crippen LogP contribution in [0.15, 0.2) is 0 Å². The van der Waals surface area contributed by atoms with Gasteiger partial charge in [-0.05, 0) is 39.0 Å². The zero-order valence-electron chi connectivity index (χ0n) is 13.6. The Hall–Kier alpha value is -0.580. The van der Waals surface area contributed by atoms with Gasteiger partial charge in [0.15, 0.2) is 0 Å². The molecule has 2 heterocycles. The number of aromatic nitrogens is 2. The van der Waals surface area contributed by atoms with Crippen molar-refractivity contribution in [1.29, 1.82) is 0 Å². The molecule has 4 nitrogen and oxygen atoms in total. The second-order valence-electron chi connectivity index (χ2n) is 7.20. The fraction of sp³-hybridized carbons (Fsp3) is 0.812. The molecule has 1 atom stereocenters. The van der Waals surface area contributed by atoms with E-state index in [0.717, 1.165) is 48.4 Å². The molecule has 1 aromatic heterocycles. The molecule has 2 aliphatic rings. The van der Waals surface area contributed by atoms with Crippen molar-refractivity contribution in [2.75, 3.05) is 13.1 Å². The lowest BCUT2D eigenvalue weighted by molar-refractivity contribution is 0.0512. The van der Waals surface area contributed by atoms with Gasteiger partial charge in [-0.1, -0.05) is 18.5 Å². The number of aryl methyl sites for hydroxylation is 2. The second kappa shape index (κ2) is 5.56. The minimum atomic E-state index is 0.158. The molecule has 0 amide bonds. The first kappa shape index (κ1) is 15.3. The molecule has 1 saturated carbocycles. The number of hydrogen-bond acceptors (Lipinski definition) is 3. The molecule has 3 rings (SSSR count). The van der Waals surface area contributed by atoms with Crippen LogP contribution in [0.5, 0.6) is 0 Å². The quantitative estimate of drug-likeness (QED) is 0.928. The largest absolute Gasteiger partial charge is 0.311 e. The number of nitrogens with zero attached hydrogens (tertiary/aromatic N) is 3. The van der Waals surface area contributed by atoms with Gasteiger partial charge >= 0.3 is 0 Å². The summed E-state index contributed by atoms with van der Waals surface area (Å²) in [7, 11) is 2.01. The zero-order chi connectivity index (χ0) is 15.2. The summed E-state index contributed by atoms with van der Waals surface area (Å²) in [5, 5.41) is 9.15. The Bertz CT molecular complexity index is 519. The first-order valence-electron chi connectivity index (χ1n) is 8.11. The third kappa shape index (κ3) is 2.99. The minimum absolute atomic E-state index is 0.158. The second-order valence-corrected chi connectivity index (χ2v) is 7.58. The van der Waals surface area contributed by atoms with Crippen LogP contribution in [-0.4, -0.2) is 39.4 Å². The number of hydrogen-bond donors (Lipinski definition) is 1. The van der Waals surface area contributed by atoms with E-state index in [-0.39, 0.29) is 5.54 Å². The molecule has 0 radical (unpaired) electrons. The summed E-state index contributed by atoms with van der Waals surface area (Å²) < 4.78 is 1.96. The number of rotatable bonds is 4. The minimum Gasteiger partial charge on any atom is -0.311 e. The van der Waals surface area contributed by atoms with Gasteiger partial charge in [-0.2, -0.15) is 5.10 Å². The summed E-state index contributed by atoms with van der Waals surface area (Å²) in [6.07, 6.45) is 3.67. The van der Waals surface area contributed by atoms with Gasteiger partial charge in [-0.25, -0.2) is 0 Å². The lowest BCUT2D eigenvalue weighted by Gasteiger charge is -2.46. The number of piperazine rings is 1. The van der Waals surface area contributed by atoms with Crippen LogP contribution in [0.4, 0.5) is 0 Å². The molecule has 5 heteroatoms. The predicted octanol–water partition coefficient (Wildman–Crippen LogP) is 2.60. The molecule has 0 spiro atoms. The Balaban J connectivity index is 1.79. The van der Waals surface area contributed by atoms with Gasteiger partial charge in [0.2, 0.25) is 0 Å². The normalized spacial score (nSPS) is 26.2. The molecule has 0 bridgehead atoms. The summed E-state index contributed by atoms with van der Waals surface area (Å²) in [6, 6.07) is 0.649. The molecule has 0 aromatic carbocycles. The molecule has 1 aliphatic carbocycles. The van der Waals surface area contributed by atoms with Crippen molar-refractivity contribution in [3.63, 3.8) is 0 Å². The monoisotopic (exact) mass is 310 g/mol. The van der Waals surface area contributed by atoms with Gasteiger partial charge in [0.25, 0.3) is 0 Å². The third-order valence-corrected chi connectivity index (χ3v) is 5.54. The Kier molecular flexibility index (Phi) is 4.06. The zero-order valence-corrected chi connectivity index (χ0v) is 14.4. The maximum Gasteiger partial charge on any atom is 0.0863 e. The van der Waals surface area contributed by atoms with Crippen LogP contribution in [-0.2, 0) is 20.0 Å². The van der Waals surface area contributed by atoms with Gasteiger partial charge in [-0.3, -0.25) is 9.58 Å². The van der Waals surface area contributed by atoms with E-state index in [4.69, 9.17) is 11.6 Å². The predicted molar refractivity (Wildman–Crippen MR) is 86.6 cm³/mol. The summed E-state index contributed by atoms with van der Waals surface area (Å²) in [5.74, 6) is 0.886. The molecule has 1 aliphatic heterocycles. The van der Waals surface area contributed by atoms with Crippen LogP contribution in [0, 0.1) is 5.92 Å². The van der Waals surface area contributed by atoms with Gasteiger partial charge in [0.1, 0.15) is 0 Å². The molecule has 21 heavy (non-hydrogen) atoms. The molecular weight excluding hydrogens is 284 g/mol. The van der Waals surface area contributed by atoms with E-state index < -0.39 is 0 Å². The number of nitrogens with one attached hydrogen (secondary N) is 1. The standard InChI is InChI=1S/C16H27ClN4/c1-5-12-15(17)14(20(4)19-12)9-21-8-13(11-6-7-11)18-10-16(21,2)3/h11,13,18H,5-10H2,1-4H3. The van der Waals surface area contributed by atoms with Crippen molar-refractivity contribution in [2.45, 2.75) is 58.2 Å². The van der Waals surface area contributed by atoms with Crippen LogP contribution in [0.3, 0.4) is 0 Å². The van der Waals surface area contributed by atoms with E-state index in [1.807, 2.05) is 11.7 Å². The van der Waals surface area contributed by atoms with E-state index in [1.54, 1.807) is 0 Å². The van der Waals surface area contributed by atoms with Crippen molar-refractivity contribution >= 4 is 11.6 Å². The highest BCUT2D eigenvalue weighted by molar-refractivity contribution is 6.31. The fourth-order valence-electron chi connectivity index (χ4n) is 3.31. The smallest absolute Gasteiger partial charge is 0.0863 e. The Morgan fingerprint density at radius 2 is 2.10 bits per heavy atom. The average Bonchev–Trinajstić information content (AvgIpc) is 3.23. The van der Waals surface area contributed by atoms with Crippen molar-refractivity contribution in [3.8, 4) is 0 Å². The molecule has 1 unspecified atom stereocenters. The van der Waals surface area contributed by atoms with Crippen LogP contribution < -0.4 is 5.32 Å². The molecule has 118 valence electrons. The molecule has 1 N–H and O–H groups in total. The van der Waals surface area contributed by atoms with Crippen LogP contribution >= 0.6 is 11.6 Å². The van der Waals surface area contributed by atoms with E-state index in [1.165, 1.54) is 12.8 Å². The molecule has 1 saturated heterocycles. The summed E-state index contributed by atoms with van der Waals surface area (Å²) in [5.41, 5.74) is 2.32. The highest BCUT2D eigenvalue weighted by atomic mass is 35.5. The van der Waals surface area contributed by atoms with E-state index >= 15 is 0 Å². The van der Waals surface area contributed by atoms with Crippen LogP contribution in [0.2, 0.25) is 5.02 Å². The maximum absolute atomic E-state index is 6.53. The van der Waals surface area contributed by atoms with Crippen LogP contribution in [0.1, 0.15) is 45.0 Å². The lowest BCUT2D eigenvalue weighted by atomic mass is 9.95. The summed E-state index contributed by atoms with van der Waals surface area (Å²) >= 11 is 6.53. The van der Waals surface area contributed by atoms with Crippen molar-refractivity contribution in [2.24, 2.45) is 13.0 Å². The average molecular weight is 311 g/mol. The van der Waals surface area contributed by atoms with E-state index in [9.17, 15) is 0 Å². The summed E-state index contributed by atoms with van der Waals surface area (Å²) in [4.78, 5) is 2.58. The van der Waals surface area contributed by atoms with E-state index in [2.05, 4.69) is 36.1 Å². The highest BCUT2D eigenvalue weighted by Crippen LogP contribution is 2.36. The Labute approximate surface area is 132 Å². The SMILES string of the molecule is CCc1nn(C)c(CN2CC(C3CC3)NCC2(C)C)c1Cl. The maximum atomic E-state index is 6.53. The first-order valence-corrected chi connectivity index (χ1v) is 8.49. The van der Waals surface area contributed by atoms with Gasteiger partial charge in [0, 0.05) is 38.3 Å². The molecule has 1 aromatic rings. The fourth-order valence-corrected chi connectivity index (χ4v) is 3.66. The van der Waals surface area contributed by atoms with Gasteiger partial charge in [-0.15, -0.1) is 0 Å². The Morgan fingerprint density at radius 3 is 2.67 bits per heavy atom. The number of halogens is 1. The molecular formula is C16H27ClN4. The first-order chi connectivity index (χ1) is 9.92. The highest BCUT2D eigenvalue weighted by Gasteiger charge is 2.40.